The van der Waals surface area contributed by atoms with E-state index >= 15 is 0 Å². The molecule has 0 saturated heterocycles. The fourth-order valence-corrected chi connectivity index (χ4v) is 3.37. The average Bonchev–Trinajstić information content (AvgIpc) is 2.61. The van der Waals surface area contributed by atoms with Crippen molar-refractivity contribution < 1.29 is 19.0 Å². The summed E-state index contributed by atoms with van der Waals surface area (Å²) in [6, 6.07) is 9.25. The smallest absolute Gasteiger partial charge is 0.225 e. The number of nitrogens with one attached hydrogen (secondary N) is 1. The molecule has 6 heteroatoms. The topological polar surface area (TPSA) is 56.8 Å². The summed E-state index contributed by atoms with van der Waals surface area (Å²) in [5.74, 6) is 1.72. The first-order chi connectivity index (χ1) is 12.1. The van der Waals surface area contributed by atoms with E-state index in [9.17, 15) is 4.79 Å². The van der Waals surface area contributed by atoms with Crippen LogP contribution in [0.5, 0.6) is 17.2 Å². The molecule has 1 atom stereocenters. The SMILES string of the molecule is CCOc1ccc([C@@H]2CC(=O)Nc3cc(OC)cc(OC)c32)cc1Cl. The molecule has 0 bridgehead atoms. The van der Waals surface area contributed by atoms with E-state index < -0.39 is 0 Å². The van der Waals surface area contributed by atoms with Crippen molar-refractivity contribution in [2.75, 3.05) is 26.1 Å². The molecule has 0 spiro atoms. The molecule has 2 aromatic rings. The summed E-state index contributed by atoms with van der Waals surface area (Å²) >= 11 is 6.34. The molecule has 0 fully saturated rings. The van der Waals surface area contributed by atoms with Crippen LogP contribution in [-0.4, -0.2) is 26.7 Å². The molecule has 3 rings (SSSR count). The van der Waals surface area contributed by atoms with Gasteiger partial charge in [-0.25, -0.2) is 0 Å². The Morgan fingerprint density at radius 3 is 2.60 bits per heavy atom. The van der Waals surface area contributed by atoms with Gasteiger partial charge >= 0.3 is 0 Å². The van der Waals surface area contributed by atoms with Crippen LogP contribution in [-0.2, 0) is 4.79 Å². The Morgan fingerprint density at radius 2 is 1.96 bits per heavy atom. The number of methoxy groups -OCH3 is 2. The predicted molar refractivity (Wildman–Crippen MR) is 97.3 cm³/mol. The first-order valence-corrected chi connectivity index (χ1v) is 8.43. The Kier molecular flexibility index (Phi) is 5.04. The van der Waals surface area contributed by atoms with Gasteiger partial charge in [-0.2, -0.15) is 0 Å². The number of benzene rings is 2. The van der Waals surface area contributed by atoms with Gasteiger partial charge in [0.05, 0.1) is 31.5 Å². The lowest BCUT2D eigenvalue weighted by atomic mass is 9.84. The minimum absolute atomic E-state index is 0.0576. The number of carbonyl (C=O) groups excluding carboxylic acids is 1. The van der Waals surface area contributed by atoms with Crippen LogP contribution in [0.1, 0.15) is 30.4 Å². The lowest BCUT2D eigenvalue weighted by Crippen LogP contribution is -2.24. The Hall–Kier alpha value is -2.40. The van der Waals surface area contributed by atoms with Crippen LogP contribution in [0.4, 0.5) is 5.69 Å². The maximum absolute atomic E-state index is 12.2. The molecule has 0 aromatic heterocycles. The number of ether oxygens (including phenoxy) is 3. The highest BCUT2D eigenvalue weighted by Crippen LogP contribution is 2.45. The van der Waals surface area contributed by atoms with E-state index in [1.54, 1.807) is 20.3 Å². The number of halogens is 1. The Labute approximate surface area is 151 Å². The van der Waals surface area contributed by atoms with Crippen LogP contribution >= 0.6 is 11.6 Å². The summed E-state index contributed by atoms with van der Waals surface area (Å²) < 4.78 is 16.3. The first-order valence-electron chi connectivity index (χ1n) is 8.05. The Morgan fingerprint density at radius 1 is 1.16 bits per heavy atom. The largest absolute Gasteiger partial charge is 0.497 e. The number of amides is 1. The van der Waals surface area contributed by atoms with E-state index in [4.69, 9.17) is 25.8 Å². The number of fused-ring (bicyclic) bond motifs is 1. The van der Waals surface area contributed by atoms with Gasteiger partial charge < -0.3 is 19.5 Å². The fourth-order valence-electron chi connectivity index (χ4n) is 3.13. The number of anilines is 1. The van der Waals surface area contributed by atoms with E-state index in [1.165, 1.54) is 0 Å². The van der Waals surface area contributed by atoms with Gasteiger partial charge in [0.25, 0.3) is 0 Å². The maximum atomic E-state index is 12.2. The molecular formula is C19H20ClNO4. The molecule has 0 unspecified atom stereocenters. The van der Waals surface area contributed by atoms with Gasteiger partial charge in [-0.05, 0) is 24.6 Å². The van der Waals surface area contributed by atoms with Crippen molar-refractivity contribution in [3.8, 4) is 17.2 Å². The van der Waals surface area contributed by atoms with Crippen LogP contribution in [0.25, 0.3) is 0 Å². The minimum Gasteiger partial charge on any atom is -0.497 e. The van der Waals surface area contributed by atoms with Crippen LogP contribution < -0.4 is 19.5 Å². The number of carbonyl (C=O) groups is 1. The van der Waals surface area contributed by atoms with E-state index in [0.717, 1.165) is 11.1 Å². The molecule has 0 aliphatic carbocycles. The number of hydrogen-bond acceptors (Lipinski definition) is 4. The van der Waals surface area contributed by atoms with Gasteiger partial charge in [-0.3, -0.25) is 4.79 Å². The van der Waals surface area contributed by atoms with Crippen molar-refractivity contribution in [1.29, 1.82) is 0 Å². The molecule has 132 valence electrons. The second-order valence-corrected chi connectivity index (χ2v) is 6.13. The van der Waals surface area contributed by atoms with E-state index in [2.05, 4.69) is 5.32 Å². The van der Waals surface area contributed by atoms with Crippen molar-refractivity contribution in [2.24, 2.45) is 0 Å². The Bertz CT molecular complexity index is 806. The monoisotopic (exact) mass is 361 g/mol. The number of rotatable bonds is 5. The van der Waals surface area contributed by atoms with Crippen LogP contribution in [0.2, 0.25) is 5.02 Å². The summed E-state index contributed by atoms with van der Waals surface area (Å²) in [5, 5.41) is 3.43. The van der Waals surface area contributed by atoms with Gasteiger partial charge in [0.15, 0.2) is 0 Å². The standard InChI is InChI=1S/C19H20ClNO4/c1-4-25-16-6-5-11(7-14(16)20)13-10-18(22)21-15-8-12(23-2)9-17(24-3)19(13)15/h5-9,13H,4,10H2,1-3H3,(H,21,22)/t13-/m0/s1. The molecule has 0 radical (unpaired) electrons. The third-order valence-corrected chi connectivity index (χ3v) is 4.54. The highest BCUT2D eigenvalue weighted by Gasteiger charge is 2.30. The molecule has 5 nitrogen and oxygen atoms in total. The molecule has 1 heterocycles. The maximum Gasteiger partial charge on any atom is 0.225 e. The van der Waals surface area contributed by atoms with Crippen molar-refractivity contribution in [3.05, 3.63) is 46.5 Å². The molecule has 1 N–H and O–H groups in total. The summed E-state index contributed by atoms with van der Waals surface area (Å²) in [5.41, 5.74) is 2.55. The summed E-state index contributed by atoms with van der Waals surface area (Å²) in [7, 11) is 3.18. The quantitative estimate of drug-likeness (QED) is 0.865. The second-order valence-electron chi connectivity index (χ2n) is 5.72. The lowest BCUT2D eigenvalue weighted by molar-refractivity contribution is -0.116. The Balaban J connectivity index is 2.10. The van der Waals surface area contributed by atoms with Gasteiger partial charge in [-0.15, -0.1) is 0 Å². The molecule has 1 amide bonds. The fraction of sp³-hybridized carbons (Fsp3) is 0.316. The second kappa shape index (κ2) is 7.23. The minimum atomic E-state index is -0.155. The van der Waals surface area contributed by atoms with E-state index in [0.29, 0.717) is 41.0 Å². The normalized spacial score (nSPS) is 16.0. The molecular weight excluding hydrogens is 342 g/mol. The summed E-state index contributed by atoms with van der Waals surface area (Å²) in [4.78, 5) is 12.2. The number of hydrogen-bond donors (Lipinski definition) is 1. The van der Waals surface area contributed by atoms with Gasteiger partial charge in [0, 0.05) is 30.0 Å². The summed E-state index contributed by atoms with van der Waals surface area (Å²) in [6.07, 6.45) is 0.319. The van der Waals surface area contributed by atoms with Gasteiger partial charge in [-0.1, -0.05) is 17.7 Å². The highest BCUT2D eigenvalue weighted by molar-refractivity contribution is 6.32. The van der Waals surface area contributed by atoms with Crippen molar-refractivity contribution in [1.82, 2.24) is 0 Å². The lowest BCUT2D eigenvalue weighted by Gasteiger charge is -2.28. The highest BCUT2D eigenvalue weighted by atomic mass is 35.5. The van der Waals surface area contributed by atoms with Gasteiger partial charge in [0.1, 0.15) is 17.2 Å². The molecule has 1 aliphatic heterocycles. The third-order valence-electron chi connectivity index (χ3n) is 4.24. The van der Waals surface area contributed by atoms with Crippen molar-refractivity contribution in [3.63, 3.8) is 0 Å². The molecule has 2 aromatic carbocycles. The van der Waals surface area contributed by atoms with Crippen LogP contribution in [0.15, 0.2) is 30.3 Å². The van der Waals surface area contributed by atoms with E-state index in [1.807, 2.05) is 31.2 Å². The first kappa shape index (κ1) is 17.4. The predicted octanol–water partition coefficient (Wildman–Crippen LogP) is 4.23. The van der Waals surface area contributed by atoms with E-state index in [-0.39, 0.29) is 11.8 Å². The van der Waals surface area contributed by atoms with Crippen LogP contribution in [0, 0.1) is 0 Å². The van der Waals surface area contributed by atoms with Gasteiger partial charge in [0.2, 0.25) is 5.91 Å². The zero-order chi connectivity index (χ0) is 18.0. The van der Waals surface area contributed by atoms with Crippen molar-refractivity contribution >= 4 is 23.2 Å². The average molecular weight is 362 g/mol. The molecule has 1 aliphatic rings. The molecule has 25 heavy (non-hydrogen) atoms. The van der Waals surface area contributed by atoms with Crippen LogP contribution in [0.3, 0.4) is 0 Å². The molecule has 0 saturated carbocycles. The zero-order valence-electron chi connectivity index (χ0n) is 14.4. The zero-order valence-corrected chi connectivity index (χ0v) is 15.1. The van der Waals surface area contributed by atoms with Crippen molar-refractivity contribution in [2.45, 2.75) is 19.3 Å². The summed E-state index contributed by atoms with van der Waals surface area (Å²) in [6.45, 7) is 2.45. The third kappa shape index (κ3) is 3.37.